The van der Waals surface area contributed by atoms with Gasteiger partial charge in [-0.15, -0.1) is 5.11 Å². The van der Waals surface area contributed by atoms with Gasteiger partial charge in [-0.3, -0.25) is 9.89 Å². The molecule has 0 saturated carbocycles. The molecule has 2 aliphatic rings. The standard InChI is InChI=1S/C17H9F4IN4/c18-12-4-2-1-3-10(12)15-11-7-9(22)5-6-13(11)26-14(8-23-15)24-25-16(26)17(19,20)21/h1-8,16H. The van der Waals surface area contributed by atoms with Crippen molar-refractivity contribution in [3.8, 4) is 0 Å². The lowest BCUT2D eigenvalue weighted by Crippen LogP contribution is -2.41. The lowest BCUT2D eigenvalue weighted by molar-refractivity contribution is -0.144. The SMILES string of the molecule is Fc1ccccc1C1=NC=C2N=NC(C(F)(F)F)N2c2ccc(I)cc21. The molecule has 0 saturated heterocycles. The number of fused-ring (bicyclic) bond motifs is 3. The highest BCUT2D eigenvalue weighted by atomic mass is 127. The molecule has 0 aromatic heterocycles. The number of hydrogen-bond acceptors (Lipinski definition) is 4. The van der Waals surface area contributed by atoms with Gasteiger partial charge in [0, 0.05) is 14.7 Å². The highest BCUT2D eigenvalue weighted by molar-refractivity contribution is 14.1. The molecular weight excluding hydrogens is 463 g/mol. The first-order valence-corrected chi connectivity index (χ1v) is 8.54. The molecule has 2 aromatic rings. The summed E-state index contributed by atoms with van der Waals surface area (Å²) in [7, 11) is 0. The quantitative estimate of drug-likeness (QED) is 0.414. The summed E-state index contributed by atoms with van der Waals surface area (Å²) in [6.45, 7) is 0. The smallest absolute Gasteiger partial charge is 0.291 e. The minimum Gasteiger partial charge on any atom is -0.291 e. The predicted octanol–water partition coefficient (Wildman–Crippen LogP) is 5.24. The van der Waals surface area contributed by atoms with E-state index in [0.717, 1.165) is 8.47 Å². The number of aliphatic imine (C=N–C) groups is 1. The minimum atomic E-state index is -4.61. The average Bonchev–Trinajstić information content (AvgIpc) is 2.95. The number of rotatable bonds is 1. The number of azo groups is 1. The van der Waals surface area contributed by atoms with E-state index in [1.54, 1.807) is 24.3 Å². The largest absolute Gasteiger partial charge is 0.431 e. The second-order valence-electron chi connectivity index (χ2n) is 5.61. The predicted molar refractivity (Wildman–Crippen MR) is 96.5 cm³/mol. The second-order valence-corrected chi connectivity index (χ2v) is 6.85. The van der Waals surface area contributed by atoms with Gasteiger partial charge in [-0.25, -0.2) is 4.39 Å². The molecule has 4 rings (SSSR count). The van der Waals surface area contributed by atoms with Crippen molar-refractivity contribution in [2.45, 2.75) is 12.3 Å². The Kier molecular flexibility index (Phi) is 4.05. The maximum absolute atomic E-state index is 14.3. The molecule has 26 heavy (non-hydrogen) atoms. The Balaban J connectivity index is 1.95. The molecule has 132 valence electrons. The van der Waals surface area contributed by atoms with Crippen molar-refractivity contribution in [2.75, 3.05) is 4.90 Å². The summed E-state index contributed by atoms with van der Waals surface area (Å²) in [6, 6.07) is 10.9. The average molecular weight is 472 g/mol. The molecule has 1 atom stereocenters. The van der Waals surface area contributed by atoms with Gasteiger partial charge in [-0.1, -0.05) is 12.1 Å². The summed E-state index contributed by atoms with van der Waals surface area (Å²) >= 11 is 2.04. The van der Waals surface area contributed by atoms with Gasteiger partial charge in [0.15, 0.2) is 5.82 Å². The first-order chi connectivity index (χ1) is 12.4. The number of halogens is 5. The normalized spacial score (nSPS) is 18.8. The van der Waals surface area contributed by atoms with E-state index in [1.807, 2.05) is 22.6 Å². The maximum atomic E-state index is 14.3. The van der Waals surface area contributed by atoms with Crippen LogP contribution in [-0.2, 0) is 0 Å². The van der Waals surface area contributed by atoms with E-state index in [2.05, 4.69) is 15.2 Å². The Bertz CT molecular complexity index is 981. The van der Waals surface area contributed by atoms with Gasteiger partial charge < -0.3 is 0 Å². The van der Waals surface area contributed by atoms with Crippen molar-refractivity contribution in [3.05, 3.63) is 75.0 Å². The third kappa shape index (κ3) is 2.79. The fraction of sp³-hybridized carbons (Fsp3) is 0.118. The first kappa shape index (κ1) is 17.1. The van der Waals surface area contributed by atoms with Crippen LogP contribution in [-0.4, -0.2) is 18.1 Å². The summed E-state index contributed by atoms with van der Waals surface area (Å²) in [5, 5.41) is 6.97. The van der Waals surface area contributed by atoms with Gasteiger partial charge in [0.1, 0.15) is 5.82 Å². The van der Waals surface area contributed by atoms with E-state index >= 15 is 0 Å². The van der Waals surface area contributed by atoms with E-state index in [4.69, 9.17) is 0 Å². The zero-order valence-corrected chi connectivity index (χ0v) is 15.0. The molecule has 1 unspecified atom stereocenters. The van der Waals surface area contributed by atoms with E-state index in [0.29, 0.717) is 5.56 Å². The van der Waals surface area contributed by atoms with E-state index in [-0.39, 0.29) is 22.8 Å². The topological polar surface area (TPSA) is 40.3 Å². The maximum Gasteiger partial charge on any atom is 0.431 e. The molecule has 2 aliphatic heterocycles. The summed E-state index contributed by atoms with van der Waals surface area (Å²) in [6.07, 6.45) is -5.56. The molecule has 0 spiro atoms. The highest BCUT2D eigenvalue weighted by Crippen LogP contribution is 2.41. The van der Waals surface area contributed by atoms with Crippen LogP contribution in [0.15, 0.2) is 69.7 Å². The molecule has 0 fully saturated rings. The third-order valence-corrected chi connectivity index (χ3v) is 4.64. The Labute approximate surface area is 159 Å². The van der Waals surface area contributed by atoms with E-state index in [9.17, 15) is 17.6 Å². The zero-order chi connectivity index (χ0) is 18.5. The second kappa shape index (κ2) is 6.15. The molecule has 2 aromatic carbocycles. The molecule has 0 aliphatic carbocycles. The number of nitrogens with zero attached hydrogens (tertiary/aromatic N) is 4. The van der Waals surface area contributed by atoms with Gasteiger partial charge in [0.25, 0.3) is 0 Å². The third-order valence-electron chi connectivity index (χ3n) is 3.97. The molecule has 4 nitrogen and oxygen atoms in total. The van der Waals surface area contributed by atoms with Crippen molar-refractivity contribution >= 4 is 34.0 Å². The molecule has 0 radical (unpaired) electrons. The summed E-state index contributed by atoms with van der Waals surface area (Å²) in [4.78, 5) is 5.22. The lowest BCUT2D eigenvalue weighted by Gasteiger charge is -2.27. The summed E-state index contributed by atoms with van der Waals surface area (Å²) in [5.41, 5.74) is 1.06. The van der Waals surface area contributed by atoms with Crippen LogP contribution in [0.3, 0.4) is 0 Å². The zero-order valence-electron chi connectivity index (χ0n) is 12.9. The highest BCUT2D eigenvalue weighted by Gasteiger charge is 2.49. The van der Waals surface area contributed by atoms with E-state index < -0.39 is 18.2 Å². The van der Waals surface area contributed by atoms with Crippen molar-refractivity contribution < 1.29 is 17.6 Å². The van der Waals surface area contributed by atoms with Crippen LogP contribution in [0.1, 0.15) is 11.1 Å². The van der Waals surface area contributed by atoms with Gasteiger partial charge in [-0.05, 0) is 52.9 Å². The number of hydrogen-bond donors (Lipinski definition) is 0. The molecule has 0 N–H and O–H groups in total. The van der Waals surface area contributed by atoms with Crippen LogP contribution >= 0.6 is 22.6 Å². The van der Waals surface area contributed by atoms with Crippen LogP contribution in [0.5, 0.6) is 0 Å². The van der Waals surface area contributed by atoms with Gasteiger partial charge in [0.05, 0.1) is 17.6 Å². The van der Waals surface area contributed by atoms with Crippen LogP contribution in [0.25, 0.3) is 0 Å². The Morgan fingerprint density at radius 3 is 2.54 bits per heavy atom. The Morgan fingerprint density at radius 2 is 1.81 bits per heavy atom. The monoisotopic (exact) mass is 472 g/mol. The number of benzene rings is 2. The van der Waals surface area contributed by atoms with Crippen molar-refractivity contribution in [1.29, 1.82) is 0 Å². The molecule has 0 bridgehead atoms. The molecule has 0 amide bonds. The Morgan fingerprint density at radius 1 is 1.04 bits per heavy atom. The van der Waals surface area contributed by atoms with Gasteiger partial charge in [0.2, 0.25) is 6.17 Å². The van der Waals surface area contributed by atoms with Gasteiger partial charge >= 0.3 is 6.18 Å². The van der Waals surface area contributed by atoms with Crippen LogP contribution in [0, 0.1) is 9.39 Å². The van der Waals surface area contributed by atoms with Gasteiger partial charge in [-0.2, -0.15) is 18.3 Å². The van der Waals surface area contributed by atoms with Crippen LogP contribution in [0.4, 0.5) is 23.2 Å². The number of anilines is 1. The van der Waals surface area contributed by atoms with Crippen molar-refractivity contribution in [2.24, 2.45) is 15.2 Å². The van der Waals surface area contributed by atoms with Crippen molar-refractivity contribution in [1.82, 2.24) is 0 Å². The van der Waals surface area contributed by atoms with Crippen LogP contribution in [0.2, 0.25) is 0 Å². The van der Waals surface area contributed by atoms with Crippen molar-refractivity contribution in [3.63, 3.8) is 0 Å². The summed E-state index contributed by atoms with van der Waals surface area (Å²) in [5.74, 6) is -0.549. The molecular formula is C17H9F4IN4. The van der Waals surface area contributed by atoms with E-state index in [1.165, 1.54) is 24.4 Å². The van der Waals surface area contributed by atoms with Crippen LogP contribution < -0.4 is 4.90 Å². The molecule has 9 heteroatoms. The Hall–Kier alpha value is -2.30. The minimum absolute atomic E-state index is 0.0406. The molecule has 2 heterocycles. The summed E-state index contributed by atoms with van der Waals surface area (Å²) < 4.78 is 55.3. The number of alkyl halides is 3. The fourth-order valence-electron chi connectivity index (χ4n) is 2.86. The first-order valence-electron chi connectivity index (χ1n) is 7.46. The fourth-order valence-corrected chi connectivity index (χ4v) is 3.35. The lowest BCUT2D eigenvalue weighted by atomic mass is 9.99.